The highest BCUT2D eigenvalue weighted by Gasteiger charge is 2.16. The third kappa shape index (κ3) is 5.44. The summed E-state index contributed by atoms with van der Waals surface area (Å²) in [6.07, 6.45) is 2.88. The van der Waals surface area contributed by atoms with Crippen molar-refractivity contribution in [3.63, 3.8) is 0 Å². The van der Waals surface area contributed by atoms with E-state index in [0.717, 1.165) is 16.6 Å². The number of nitrogens with one attached hydrogen (secondary N) is 2. The Morgan fingerprint density at radius 2 is 1.97 bits per heavy atom. The van der Waals surface area contributed by atoms with Crippen molar-refractivity contribution in [2.45, 2.75) is 0 Å². The molecule has 0 aliphatic rings. The van der Waals surface area contributed by atoms with Crippen LogP contribution < -0.4 is 20.1 Å². The molecule has 4 aromatic rings. The summed E-state index contributed by atoms with van der Waals surface area (Å²) < 4.78 is 13.3. The summed E-state index contributed by atoms with van der Waals surface area (Å²) >= 11 is 0. The molecule has 10 heteroatoms. The Morgan fingerprint density at radius 3 is 2.72 bits per heavy atom. The zero-order valence-corrected chi connectivity index (χ0v) is 20.8. The van der Waals surface area contributed by atoms with Crippen molar-refractivity contribution < 1.29 is 14.3 Å². The van der Waals surface area contributed by atoms with Gasteiger partial charge in [0, 0.05) is 31.2 Å². The molecule has 2 N–H and O–H groups in total. The van der Waals surface area contributed by atoms with E-state index >= 15 is 0 Å². The maximum Gasteiger partial charge on any atom is 0.247 e. The zero-order chi connectivity index (χ0) is 25.7. The predicted molar refractivity (Wildman–Crippen MR) is 141 cm³/mol. The van der Waals surface area contributed by atoms with E-state index < -0.39 is 0 Å². The highest BCUT2D eigenvalue weighted by Crippen LogP contribution is 2.38. The van der Waals surface area contributed by atoms with E-state index in [1.807, 2.05) is 56.4 Å². The molecule has 0 fully saturated rings. The maximum absolute atomic E-state index is 12.1. The van der Waals surface area contributed by atoms with E-state index in [2.05, 4.69) is 27.3 Å². The molecule has 4 rings (SSSR count). The number of aromatic nitrogens is 4. The molecule has 0 aliphatic carbocycles. The van der Waals surface area contributed by atoms with Crippen LogP contribution in [0, 0.1) is 0 Å². The molecule has 2 heterocycles. The number of amides is 1. The standard InChI is InChI=1S/C26H29N7O3/c1-6-24(34)28-21-15-20(22(35-5)16-23(21)36-14-13-32(2)3)30-26-27-12-11-19(29-26)25-17-9-7-8-10-18(17)31-33(25)4/h6-12,15-16H,1,13-14H2,2-5H3,(H,28,34)(H,27,29,30). The Labute approximate surface area is 209 Å². The van der Waals surface area contributed by atoms with Gasteiger partial charge in [-0.3, -0.25) is 9.48 Å². The van der Waals surface area contributed by atoms with Crippen LogP contribution in [0.3, 0.4) is 0 Å². The highest BCUT2D eigenvalue weighted by molar-refractivity contribution is 6.00. The van der Waals surface area contributed by atoms with E-state index in [4.69, 9.17) is 14.5 Å². The van der Waals surface area contributed by atoms with Crippen LogP contribution >= 0.6 is 0 Å². The zero-order valence-electron chi connectivity index (χ0n) is 20.8. The van der Waals surface area contributed by atoms with Gasteiger partial charge in [0.15, 0.2) is 0 Å². The second-order valence-corrected chi connectivity index (χ2v) is 8.27. The summed E-state index contributed by atoms with van der Waals surface area (Å²) in [5.74, 6) is 0.986. The minimum Gasteiger partial charge on any atom is -0.494 e. The average Bonchev–Trinajstić information content (AvgIpc) is 3.20. The molecule has 0 saturated carbocycles. The molecule has 0 bridgehead atoms. The third-order valence-corrected chi connectivity index (χ3v) is 5.43. The number of hydrogen-bond donors (Lipinski definition) is 2. The number of anilines is 3. The number of ether oxygens (including phenoxy) is 2. The van der Waals surface area contributed by atoms with Gasteiger partial charge in [-0.05, 0) is 38.4 Å². The van der Waals surface area contributed by atoms with Gasteiger partial charge in [0.2, 0.25) is 11.9 Å². The number of carbonyl (C=O) groups excluding carboxylic acids is 1. The molecule has 0 spiro atoms. The van der Waals surface area contributed by atoms with Crippen LogP contribution in [0.5, 0.6) is 11.5 Å². The lowest BCUT2D eigenvalue weighted by Gasteiger charge is -2.18. The largest absolute Gasteiger partial charge is 0.494 e. The Balaban J connectivity index is 1.68. The smallest absolute Gasteiger partial charge is 0.247 e. The van der Waals surface area contributed by atoms with Gasteiger partial charge in [0.25, 0.3) is 0 Å². The first kappa shape index (κ1) is 24.7. The minimum absolute atomic E-state index is 0.357. The number of benzene rings is 2. The van der Waals surface area contributed by atoms with Gasteiger partial charge in [-0.15, -0.1) is 0 Å². The van der Waals surface area contributed by atoms with Crippen LogP contribution in [0.4, 0.5) is 17.3 Å². The van der Waals surface area contributed by atoms with Gasteiger partial charge >= 0.3 is 0 Å². The molecular weight excluding hydrogens is 458 g/mol. The van der Waals surface area contributed by atoms with Gasteiger partial charge in [0.1, 0.15) is 18.1 Å². The van der Waals surface area contributed by atoms with Crippen molar-refractivity contribution in [3.05, 3.63) is 61.3 Å². The van der Waals surface area contributed by atoms with Crippen LogP contribution in [0.15, 0.2) is 61.3 Å². The highest BCUT2D eigenvalue weighted by atomic mass is 16.5. The number of rotatable bonds is 10. The predicted octanol–water partition coefficient (Wildman–Crippen LogP) is 3.85. The number of fused-ring (bicyclic) bond motifs is 1. The van der Waals surface area contributed by atoms with Gasteiger partial charge in [-0.25, -0.2) is 9.97 Å². The van der Waals surface area contributed by atoms with E-state index in [-0.39, 0.29) is 5.91 Å². The van der Waals surface area contributed by atoms with Crippen molar-refractivity contribution in [3.8, 4) is 22.9 Å². The summed E-state index contributed by atoms with van der Waals surface area (Å²) in [5, 5.41) is 11.6. The van der Waals surface area contributed by atoms with Gasteiger partial charge in [0.05, 0.1) is 35.4 Å². The molecule has 0 atom stereocenters. The normalized spacial score (nSPS) is 10.9. The van der Waals surface area contributed by atoms with Crippen LogP contribution in [0.1, 0.15) is 0 Å². The molecule has 2 aromatic carbocycles. The first-order chi connectivity index (χ1) is 17.4. The molecular formula is C26H29N7O3. The molecule has 2 aromatic heterocycles. The second-order valence-electron chi connectivity index (χ2n) is 8.27. The summed E-state index contributed by atoms with van der Waals surface area (Å²) in [7, 11) is 7.36. The van der Waals surface area contributed by atoms with E-state index in [1.165, 1.54) is 6.08 Å². The van der Waals surface area contributed by atoms with E-state index in [9.17, 15) is 4.79 Å². The van der Waals surface area contributed by atoms with Gasteiger partial charge in [-0.1, -0.05) is 24.8 Å². The van der Waals surface area contributed by atoms with Crippen molar-refractivity contribution in [1.82, 2.24) is 24.6 Å². The third-order valence-electron chi connectivity index (χ3n) is 5.43. The van der Waals surface area contributed by atoms with Crippen molar-refractivity contribution in [1.29, 1.82) is 0 Å². The maximum atomic E-state index is 12.1. The van der Waals surface area contributed by atoms with Crippen molar-refractivity contribution in [2.75, 3.05) is 45.0 Å². The number of hydrogen-bond acceptors (Lipinski definition) is 8. The Bertz CT molecular complexity index is 1400. The topological polar surface area (TPSA) is 106 Å². The monoisotopic (exact) mass is 487 g/mol. The summed E-state index contributed by atoms with van der Waals surface area (Å²) in [5.41, 5.74) is 3.51. The lowest BCUT2D eigenvalue weighted by molar-refractivity contribution is -0.111. The number of likely N-dealkylation sites (N-methyl/N-ethyl adjacent to an activating group) is 1. The first-order valence-corrected chi connectivity index (χ1v) is 11.3. The molecule has 0 unspecified atom stereocenters. The average molecular weight is 488 g/mol. The minimum atomic E-state index is -0.357. The lowest BCUT2D eigenvalue weighted by atomic mass is 10.1. The van der Waals surface area contributed by atoms with Crippen molar-refractivity contribution >= 4 is 34.1 Å². The first-order valence-electron chi connectivity index (χ1n) is 11.3. The Kier molecular flexibility index (Phi) is 7.45. The SMILES string of the molecule is C=CC(=O)Nc1cc(Nc2nccc(-c3c4ccccc4nn3C)n2)c(OC)cc1OCCN(C)C. The molecule has 186 valence electrons. The fraction of sp³-hybridized carbons (Fsp3) is 0.231. The van der Waals surface area contributed by atoms with Crippen molar-refractivity contribution in [2.24, 2.45) is 7.05 Å². The Hall–Kier alpha value is -4.44. The summed E-state index contributed by atoms with van der Waals surface area (Å²) in [6.45, 7) is 4.67. The molecule has 0 saturated heterocycles. The quantitative estimate of drug-likeness (QED) is 0.325. The van der Waals surface area contributed by atoms with E-state index in [1.54, 1.807) is 30.1 Å². The van der Waals surface area contributed by atoms with Crippen LogP contribution in [-0.2, 0) is 11.8 Å². The number of carbonyl (C=O) groups is 1. The molecule has 10 nitrogen and oxygen atoms in total. The fourth-order valence-corrected chi connectivity index (χ4v) is 3.69. The second kappa shape index (κ2) is 10.9. The molecule has 0 aliphatic heterocycles. The summed E-state index contributed by atoms with van der Waals surface area (Å²) in [6, 6.07) is 13.2. The van der Waals surface area contributed by atoms with Gasteiger partial charge < -0.3 is 25.0 Å². The number of aryl methyl sites for hydroxylation is 1. The lowest BCUT2D eigenvalue weighted by Crippen LogP contribution is -2.20. The molecule has 1 amide bonds. The van der Waals surface area contributed by atoms with Crippen LogP contribution in [-0.4, -0.2) is 64.9 Å². The molecule has 36 heavy (non-hydrogen) atoms. The number of nitrogens with zero attached hydrogens (tertiary/aromatic N) is 5. The van der Waals surface area contributed by atoms with E-state index in [0.29, 0.717) is 47.7 Å². The number of methoxy groups -OCH3 is 1. The molecule has 0 radical (unpaired) electrons. The van der Waals surface area contributed by atoms with Gasteiger partial charge in [-0.2, -0.15) is 5.10 Å². The Morgan fingerprint density at radius 1 is 1.17 bits per heavy atom. The summed E-state index contributed by atoms with van der Waals surface area (Å²) in [4.78, 5) is 23.2. The fourth-order valence-electron chi connectivity index (χ4n) is 3.69. The van der Waals surface area contributed by atoms with Crippen LogP contribution in [0.25, 0.3) is 22.3 Å². The van der Waals surface area contributed by atoms with Crippen LogP contribution in [0.2, 0.25) is 0 Å².